The van der Waals surface area contributed by atoms with Crippen LogP contribution in [-0.4, -0.2) is 61.0 Å². The molecule has 31 heavy (non-hydrogen) atoms. The van der Waals surface area contributed by atoms with Gasteiger partial charge in [0, 0.05) is 5.92 Å². The molecule has 1 saturated heterocycles. The van der Waals surface area contributed by atoms with Gasteiger partial charge < -0.3 is 10.1 Å². The maximum Gasteiger partial charge on any atom is 0.414 e. The van der Waals surface area contributed by atoms with E-state index in [1.54, 1.807) is 23.3 Å². The van der Waals surface area contributed by atoms with E-state index < -0.39 is 18.0 Å². The van der Waals surface area contributed by atoms with E-state index >= 15 is 0 Å². The molecule has 12 heteroatoms. The first-order chi connectivity index (χ1) is 15.1. The molecule has 11 nitrogen and oxygen atoms in total. The first-order valence-corrected chi connectivity index (χ1v) is 9.86. The molecule has 2 amide bonds. The van der Waals surface area contributed by atoms with Crippen LogP contribution in [0.2, 0.25) is 0 Å². The molecule has 1 N–H and O–H groups in total. The molecule has 3 heterocycles. The highest BCUT2D eigenvalue weighted by Crippen LogP contribution is 2.29. The predicted molar refractivity (Wildman–Crippen MR) is 104 cm³/mol. The Balaban J connectivity index is 1.25. The number of amides is 2. The fourth-order valence-corrected chi connectivity index (χ4v) is 3.36. The number of aromatic nitrogens is 6. The van der Waals surface area contributed by atoms with Gasteiger partial charge in [0.2, 0.25) is 5.91 Å². The molecule has 0 radical (unpaired) electrons. The Morgan fingerprint density at radius 1 is 1.32 bits per heavy atom. The summed E-state index contributed by atoms with van der Waals surface area (Å²) in [6.45, 7) is 0.831. The lowest BCUT2D eigenvalue weighted by Gasteiger charge is -2.14. The number of rotatable bonds is 7. The third kappa shape index (κ3) is 4.09. The summed E-state index contributed by atoms with van der Waals surface area (Å²) in [5.41, 5.74) is 1.15. The number of anilines is 1. The molecule has 160 valence electrons. The lowest BCUT2D eigenvalue weighted by atomic mass is 10.2. The zero-order valence-electron chi connectivity index (χ0n) is 16.4. The van der Waals surface area contributed by atoms with Crippen LogP contribution in [-0.2, 0) is 16.1 Å². The molecule has 3 aromatic rings. The normalized spacial score (nSPS) is 18.3. The van der Waals surface area contributed by atoms with Crippen molar-refractivity contribution in [1.29, 1.82) is 0 Å². The molecule has 5 rings (SSSR count). The van der Waals surface area contributed by atoms with Crippen molar-refractivity contribution in [2.75, 3.05) is 18.0 Å². The number of nitrogens with one attached hydrogen (secondary N) is 1. The van der Waals surface area contributed by atoms with Gasteiger partial charge in [-0.3, -0.25) is 9.69 Å². The molecule has 1 aliphatic heterocycles. The van der Waals surface area contributed by atoms with Crippen molar-refractivity contribution in [3.8, 4) is 5.69 Å². The molecule has 2 aromatic heterocycles. The number of hydrogen-bond donors (Lipinski definition) is 1. The third-order valence-corrected chi connectivity index (χ3v) is 5.15. The molecule has 1 aromatic carbocycles. The van der Waals surface area contributed by atoms with Gasteiger partial charge >= 0.3 is 6.09 Å². The number of carbonyl (C=O) groups is 2. The van der Waals surface area contributed by atoms with E-state index in [0.29, 0.717) is 17.9 Å². The molecule has 0 unspecified atom stereocenters. The second-order valence-corrected chi connectivity index (χ2v) is 7.52. The van der Waals surface area contributed by atoms with E-state index in [4.69, 9.17) is 4.74 Å². The van der Waals surface area contributed by atoms with E-state index in [2.05, 4.69) is 25.7 Å². The van der Waals surface area contributed by atoms with Crippen LogP contribution in [0.5, 0.6) is 0 Å². The quantitative estimate of drug-likeness (QED) is 0.596. The number of halogens is 1. The molecular weight excluding hydrogens is 407 g/mol. The van der Waals surface area contributed by atoms with Crippen LogP contribution in [0.4, 0.5) is 14.9 Å². The van der Waals surface area contributed by atoms with Crippen LogP contribution in [0.15, 0.2) is 37.1 Å². The van der Waals surface area contributed by atoms with Gasteiger partial charge in [0.15, 0.2) is 5.82 Å². The Labute approximate surface area is 175 Å². The fraction of sp³-hybridized carbons (Fsp3) is 0.368. The van der Waals surface area contributed by atoms with E-state index in [9.17, 15) is 14.0 Å². The van der Waals surface area contributed by atoms with Gasteiger partial charge in [-0.05, 0) is 31.0 Å². The molecule has 2 aliphatic rings. The number of cyclic esters (lactones) is 1. The molecule has 1 saturated carbocycles. The summed E-state index contributed by atoms with van der Waals surface area (Å²) >= 11 is 0. The molecule has 1 aliphatic carbocycles. The van der Waals surface area contributed by atoms with Crippen molar-refractivity contribution >= 4 is 17.7 Å². The largest absolute Gasteiger partial charge is 0.442 e. The topological polar surface area (TPSA) is 120 Å². The number of carbonyl (C=O) groups excluding carboxylic acids is 2. The van der Waals surface area contributed by atoms with Crippen LogP contribution in [0.3, 0.4) is 0 Å². The molecule has 0 bridgehead atoms. The second kappa shape index (κ2) is 7.78. The highest BCUT2D eigenvalue weighted by molar-refractivity contribution is 5.90. The summed E-state index contributed by atoms with van der Waals surface area (Å²) in [5, 5.41) is 14.8. The Morgan fingerprint density at radius 2 is 2.19 bits per heavy atom. The van der Waals surface area contributed by atoms with E-state index in [1.165, 1.54) is 28.0 Å². The average molecular weight is 426 g/mol. The number of ether oxygens (including phenoxy) is 1. The maximum atomic E-state index is 14.8. The molecule has 2 fully saturated rings. The lowest BCUT2D eigenvalue weighted by molar-refractivity contribution is -0.122. The van der Waals surface area contributed by atoms with Gasteiger partial charge in [-0.2, -0.15) is 5.10 Å². The van der Waals surface area contributed by atoms with Gasteiger partial charge in [-0.1, -0.05) is 5.21 Å². The van der Waals surface area contributed by atoms with Gasteiger partial charge in [0.25, 0.3) is 0 Å². The van der Waals surface area contributed by atoms with Crippen molar-refractivity contribution in [3.05, 3.63) is 48.6 Å². The number of benzene rings is 1. The van der Waals surface area contributed by atoms with Crippen LogP contribution in [0.1, 0.15) is 18.5 Å². The van der Waals surface area contributed by atoms with Crippen LogP contribution in [0.25, 0.3) is 5.69 Å². The van der Waals surface area contributed by atoms with Crippen LogP contribution < -0.4 is 10.2 Å². The SMILES string of the molecule is O=C(NC[C@H]1CN(c2ccc(-n3cc(Cn4cncn4)nn3)c(F)c2)C(=O)O1)C1CC1. The standard InChI is InChI=1S/C19H19FN8O3/c20-16-5-14(27-9-15(31-19(27)30)6-22-18(29)12-1-2-12)3-4-17(16)28-8-13(24-25-28)7-26-11-21-10-23-26/h3-5,8,10-12,15H,1-2,6-7,9H2,(H,22,29)/t15-/m0/s1. The van der Waals surface area contributed by atoms with Gasteiger partial charge in [0.05, 0.1) is 31.5 Å². The first kappa shape index (κ1) is 19.2. The Kier molecular flexibility index (Phi) is 4.81. The highest BCUT2D eigenvalue weighted by atomic mass is 19.1. The van der Waals surface area contributed by atoms with Crippen molar-refractivity contribution < 1.29 is 18.7 Å². The van der Waals surface area contributed by atoms with Crippen molar-refractivity contribution in [1.82, 2.24) is 35.1 Å². The minimum absolute atomic E-state index is 0.0130. The van der Waals surface area contributed by atoms with E-state index in [-0.39, 0.29) is 30.6 Å². The van der Waals surface area contributed by atoms with Crippen LogP contribution in [0, 0.1) is 11.7 Å². The Morgan fingerprint density at radius 3 is 2.94 bits per heavy atom. The summed E-state index contributed by atoms with van der Waals surface area (Å²) < 4.78 is 23.0. The minimum Gasteiger partial charge on any atom is -0.442 e. The molecule has 0 spiro atoms. The summed E-state index contributed by atoms with van der Waals surface area (Å²) in [4.78, 5) is 29.2. The van der Waals surface area contributed by atoms with E-state index in [1.807, 2.05) is 0 Å². The minimum atomic E-state index is -0.575. The Hall–Kier alpha value is -3.83. The number of nitrogens with zero attached hydrogens (tertiary/aromatic N) is 7. The number of hydrogen-bond acceptors (Lipinski definition) is 7. The summed E-state index contributed by atoms with van der Waals surface area (Å²) in [7, 11) is 0. The van der Waals surface area contributed by atoms with Crippen LogP contribution >= 0.6 is 0 Å². The fourth-order valence-electron chi connectivity index (χ4n) is 3.36. The zero-order chi connectivity index (χ0) is 21.4. The van der Waals surface area contributed by atoms with E-state index in [0.717, 1.165) is 12.8 Å². The van der Waals surface area contributed by atoms with Gasteiger partial charge in [-0.25, -0.2) is 23.5 Å². The molecule has 1 atom stereocenters. The maximum absolute atomic E-state index is 14.8. The Bertz CT molecular complexity index is 1110. The van der Waals surface area contributed by atoms with Gasteiger partial charge in [0.1, 0.15) is 30.1 Å². The van der Waals surface area contributed by atoms with Crippen molar-refractivity contribution in [2.24, 2.45) is 5.92 Å². The monoisotopic (exact) mass is 426 g/mol. The lowest BCUT2D eigenvalue weighted by Crippen LogP contribution is -2.35. The smallest absolute Gasteiger partial charge is 0.414 e. The zero-order valence-corrected chi connectivity index (χ0v) is 16.4. The van der Waals surface area contributed by atoms with Crippen molar-refractivity contribution in [2.45, 2.75) is 25.5 Å². The summed E-state index contributed by atoms with van der Waals surface area (Å²) in [6.07, 6.45) is 5.32. The average Bonchev–Trinajstić information content (AvgIpc) is 3.11. The highest BCUT2D eigenvalue weighted by Gasteiger charge is 2.35. The van der Waals surface area contributed by atoms with Crippen molar-refractivity contribution in [3.63, 3.8) is 0 Å². The molecular formula is C19H19FN8O3. The summed E-state index contributed by atoms with van der Waals surface area (Å²) in [6, 6.07) is 4.39. The second-order valence-electron chi connectivity index (χ2n) is 7.52. The predicted octanol–water partition coefficient (Wildman–Crippen LogP) is 0.898. The van der Waals surface area contributed by atoms with Gasteiger partial charge in [-0.15, -0.1) is 5.10 Å². The summed E-state index contributed by atoms with van der Waals surface area (Å²) in [5.74, 6) is -0.489. The first-order valence-electron chi connectivity index (χ1n) is 9.86. The third-order valence-electron chi connectivity index (χ3n) is 5.15.